The maximum atomic E-state index is 5.81. The van der Waals surface area contributed by atoms with Gasteiger partial charge in [-0.25, -0.2) is 4.98 Å². The van der Waals surface area contributed by atoms with E-state index in [4.69, 9.17) is 10.5 Å². The van der Waals surface area contributed by atoms with E-state index in [1.807, 2.05) is 36.5 Å². The normalized spacial score (nSPS) is 11.4. The summed E-state index contributed by atoms with van der Waals surface area (Å²) < 4.78 is 6.80. The molecular weight excluding hydrogens is 316 g/mol. The van der Waals surface area contributed by atoms with Crippen LogP contribution < -0.4 is 10.5 Å². The lowest BCUT2D eigenvalue weighted by Gasteiger charge is -2.18. The van der Waals surface area contributed by atoms with E-state index in [2.05, 4.69) is 41.7 Å². The monoisotopic (exact) mass is 334 g/mol. The molecule has 0 radical (unpaired) electrons. The van der Waals surface area contributed by atoms with Crippen LogP contribution in [0.25, 0.3) is 0 Å². The summed E-state index contributed by atoms with van der Waals surface area (Å²) >= 11 is 3.43. The van der Waals surface area contributed by atoms with Crippen molar-refractivity contribution in [2.24, 2.45) is 5.73 Å². The quantitative estimate of drug-likeness (QED) is 0.905. The molecule has 0 atom stereocenters. The van der Waals surface area contributed by atoms with E-state index in [9.17, 15) is 0 Å². The minimum absolute atomic E-state index is 0.0888. The lowest BCUT2D eigenvalue weighted by Crippen LogP contribution is -2.11. The molecular formula is C16H19BrN2O. The van der Waals surface area contributed by atoms with Crippen LogP contribution >= 0.6 is 15.9 Å². The Bertz CT molecular complexity index is 588. The fourth-order valence-electron chi connectivity index (χ4n) is 1.80. The maximum Gasteiger partial charge on any atom is 0.219 e. The third kappa shape index (κ3) is 3.58. The Morgan fingerprint density at radius 2 is 1.95 bits per heavy atom. The number of aromatic nitrogens is 1. The highest BCUT2D eigenvalue weighted by Crippen LogP contribution is 2.28. The van der Waals surface area contributed by atoms with E-state index in [1.54, 1.807) is 0 Å². The molecule has 0 aliphatic heterocycles. The standard InChI is InChI=1S/C16H19BrN2O/c1-16(2,3)12-4-7-15(19-10-12)20-14-6-5-13(17)8-11(14)9-18/h4-8,10H,9,18H2,1-3H3. The van der Waals surface area contributed by atoms with Gasteiger partial charge < -0.3 is 10.5 Å². The smallest absolute Gasteiger partial charge is 0.219 e. The Hall–Kier alpha value is -1.39. The number of hydrogen-bond acceptors (Lipinski definition) is 3. The van der Waals surface area contributed by atoms with Crippen LogP contribution in [-0.4, -0.2) is 4.98 Å². The van der Waals surface area contributed by atoms with Crippen molar-refractivity contribution in [3.8, 4) is 11.6 Å². The molecule has 1 aromatic carbocycles. The highest BCUT2D eigenvalue weighted by Gasteiger charge is 2.14. The van der Waals surface area contributed by atoms with Gasteiger partial charge in [-0.3, -0.25) is 0 Å². The topological polar surface area (TPSA) is 48.1 Å². The van der Waals surface area contributed by atoms with Crippen molar-refractivity contribution < 1.29 is 4.74 Å². The van der Waals surface area contributed by atoms with Crippen LogP contribution in [0.4, 0.5) is 0 Å². The van der Waals surface area contributed by atoms with Crippen molar-refractivity contribution >= 4 is 15.9 Å². The molecule has 0 saturated carbocycles. The Morgan fingerprint density at radius 1 is 1.20 bits per heavy atom. The number of pyridine rings is 1. The van der Waals surface area contributed by atoms with Crippen LogP contribution in [0.1, 0.15) is 31.9 Å². The molecule has 2 N–H and O–H groups in total. The number of ether oxygens (including phenoxy) is 1. The van der Waals surface area contributed by atoms with E-state index >= 15 is 0 Å². The second kappa shape index (κ2) is 5.94. The molecule has 0 unspecified atom stereocenters. The van der Waals surface area contributed by atoms with Crippen molar-refractivity contribution in [1.29, 1.82) is 0 Å². The number of hydrogen-bond donors (Lipinski definition) is 1. The molecule has 0 amide bonds. The molecule has 1 heterocycles. The van der Waals surface area contributed by atoms with E-state index in [-0.39, 0.29) is 5.41 Å². The van der Waals surface area contributed by atoms with Crippen molar-refractivity contribution in [3.63, 3.8) is 0 Å². The third-order valence-corrected chi connectivity index (χ3v) is 3.55. The number of benzene rings is 1. The second-order valence-corrected chi connectivity index (χ2v) is 6.61. The average Bonchev–Trinajstić information content (AvgIpc) is 2.40. The lowest BCUT2D eigenvalue weighted by molar-refractivity contribution is 0.455. The average molecular weight is 335 g/mol. The Balaban J connectivity index is 2.22. The van der Waals surface area contributed by atoms with Crippen LogP contribution in [0.2, 0.25) is 0 Å². The van der Waals surface area contributed by atoms with E-state index in [1.165, 1.54) is 5.56 Å². The van der Waals surface area contributed by atoms with E-state index in [0.29, 0.717) is 12.4 Å². The van der Waals surface area contributed by atoms with Crippen molar-refractivity contribution in [1.82, 2.24) is 4.98 Å². The molecule has 0 bridgehead atoms. The SMILES string of the molecule is CC(C)(C)c1ccc(Oc2ccc(Br)cc2CN)nc1. The highest BCUT2D eigenvalue weighted by molar-refractivity contribution is 9.10. The molecule has 0 spiro atoms. The van der Waals surface area contributed by atoms with Gasteiger partial charge in [0.1, 0.15) is 5.75 Å². The Labute approximate surface area is 128 Å². The first-order valence-electron chi connectivity index (χ1n) is 6.53. The second-order valence-electron chi connectivity index (χ2n) is 5.69. The summed E-state index contributed by atoms with van der Waals surface area (Å²) in [6.07, 6.45) is 1.86. The molecule has 2 aromatic rings. The van der Waals surface area contributed by atoms with Gasteiger partial charge in [-0.15, -0.1) is 0 Å². The Kier molecular flexibility index (Phi) is 4.45. The molecule has 3 nitrogen and oxygen atoms in total. The predicted molar refractivity (Wildman–Crippen MR) is 85.0 cm³/mol. The number of nitrogens with two attached hydrogens (primary N) is 1. The first kappa shape index (κ1) is 15.0. The van der Waals surface area contributed by atoms with Crippen LogP contribution in [0, 0.1) is 0 Å². The summed E-state index contributed by atoms with van der Waals surface area (Å²) in [7, 11) is 0. The predicted octanol–water partition coefficient (Wildman–Crippen LogP) is 4.39. The first-order chi connectivity index (χ1) is 9.40. The summed E-state index contributed by atoms with van der Waals surface area (Å²) in [6.45, 7) is 6.90. The zero-order chi connectivity index (χ0) is 14.8. The lowest BCUT2D eigenvalue weighted by atomic mass is 9.88. The van der Waals surface area contributed by atoms with Crippen LogP contribution in [0.3, 0.4) is 0 Å². The highest BCUT2D eigenvalue weighted by atomic mass is 79.9. The molecule has 0 fully saturated rings. The minimum Gasteiger partial charge on any atom is -0.439 e. The van der Waals surface area contributed by atoms with E-state index < -0.39 is 0 Å². The zero-order valence-electron chi connectivity index (χ0n) is 12.0. The van der Waals surface area contributed by atoms with Crippen molar-refractivity contribution in [2.45, 2.75) is 32.7 Å². The van der Waals surface area contributed by atoms with Gasteiger partial charge in [0.15, 0.2) is 0 Å². The van der Waals surface area contributed by atoms with Gasteiger partial charge in [0.25, 0.3) is 0 Å². The van der Waals surface area contributed by atoms with Gasteiger partial charge in [-0.05, 0) is 29.2 Å². The van der Waals surface area contributed by atoms with Crippen LogP contribution in [0.5, 0.6) is 11.6 Å². The minimum atomic E-state index is 0.0888. The van der Waals surface area contributed by atoms with Crippen molar-refractivity contribution in [3.05, 3.63) is 52.1 Å². The van der Waals surface area contributed by atoms with Gasteiger partial charge >= 0.3 is 0 Å². The summed E-state index contributed by atoms with van der Waals surface area (Å²) in [5.74, 6) is 1.32. The summed E-state index contributed by atoms with van der Waals surface area (Å²) in [5, 5.41) is 0. The summed E-state index contributed by atoms with van der Waals surface area (Å²) in [6, 6.07) is 9.72. The van der Waals surface area contributed by atoms with Gasteiger partial charge in [0.2, 0.25) is 5.88 Å². The van der Waals surface area contributed by atoms with Gasteiger partial charge in [-0.2, -0.15) is 0 Å². The molecule has 0 saturated heterocycles. The molecule has 0 aliphatic rings. The van der Waals surface area contributed by atoms with Crippen molar-refractivity contribution in [2.75, 3.05) is 0 Å². The molecule has 2 rings (SSSR count). The molecule has 0 aliphatic carbocycles. The first-order valence-corrected chi connectivity index (χ1v) is 7.32. The van der Waals surface area contributed by atoms with Gasteiger partial charge in [0.05, 0.1) is 0 Å². The number of nitrogens with zero attached hydrogens (tertiary/aromatic N) is 1. The number of halogens is 1. The van der Waals surface area contributed by atoms with Crippen LogP contribution in [-0.2, 0) is 12.0 Å². The van der Waals surface area contributed by atoms with E-state index in [0.717, 1.165) is 15.8 Å². The molecule has 106 valence electrons. The molecule has 1 aromatic heterocycles. The zero-order valence-corrected chi connectivity index (χ0v) is 13.6. The summed E-state index contributed by atoms with van der Waals surface area (Å²) in [4.78, 5) is 4.36. The maximum absolute atomic E-state index is 5.81. The Morgan fingerprint density at radius 3 is 2.50 bits per heavy atom. The molecule has 4 heteroatoms. The number of rotatable bonds is 3. The van der Waals surface area contributed by atoms with Gasteiger partial charge in [0, 0.05) is 28.8 Å². The fourth-order valence-corrected chi connectivity index (χ4v) is 2.21. The third-order valence-electron chi connectivity index (χ3n) is 3.06. The fraction of sp³-hybridized carbons (Fsp3) is 0.312. The van der Waals surface area contributed by atoms with Gasteiger partial charge in [-0.1, -0.05) is 42.8 Å². The van der Waals surface area contributed by atoms with Crippen LogP contribution in [0.15, 0.2) is 41.0 Å². The molecule has 20 heavy (non-hydrogen) atoms. The largest absolute Gasteiger partial charge is 0.439 e. The summed E-state index contributed by atoms with van der Waals surface area (Å²) in [5.41, 5.74) is 7.95.